The molecule has 0 aliphatic heterocycles. The Morgan fingerprint density at radius 1 is 1.44 bits per heavy atom. The number of carbonyl (C=O) groups is 1. The monoisotopic (exact) mass is 246 g/mol. The first-order valence-corrected chi connectivity index (χ1v) is 5.27. The van der Waals surface area contributed by atoms with Gasteiger partial charge in [-0.25, -0.2) is 9.07 Å². The third-order valence-corrected chi connectivity index (χ3v) is 2.51. The first-order chi connectivity index (χ1) is 8.61. The summed E-state index contributed by atoms with van der Waals surface area (Å²) in [4.78, 5) is 11.1. The third kappa shape index (κ3) is 2.32. The van der Waals surface area contributed by atoms with Gasteiger partial charge in [-0.05, 0) is 46.7 Å². The lowest BCUT2D eigenvalue weighted by Gasteiger charge is -2.00. The summed E-state index contributed by atoms with van der Waals surface area (Å²) < 4.78 is 14.5. The van der Waals surface area contributed by atoms with Crippen molar-refractivity contribution in [3.8, 4) is 0 Å². The Balaban J connectivity index is 2.44. The topological polar surface area (TPSA) is 60.7 Å². The van der Waals surface area contributed by atoms with Crippen molar-refractivity contribution in [2.24, 2.45) is 7.05 Å². The first-order valence-electron chi connectivity index (χ1n) is 5.27. The molecule has 18 heavy (non-hydrogen) atoms. The minimum absolute atomic E-state index is 0.278. The SMILES string of the molecule is Cc1cc(C=C(C=O)c2nnnn2C)ccc1F. The fraction of sp³-hybridized carbons (Fsp3) is 0.167. The normalized spacial score (nSPS) is 11.6. The highest BCUT2D eigenvalue weighted by Gasteiger charge is 2.08. The number of halogens is 1. The predicted octanol–water partition coefficient (Wildman–Crippen LogP) is 1.40. The number of benzene rings is 1. The lowest BCUT2D eigenvalue weighted by atomic mass is 10.1. The van der Waals surface area contributed by atoms with Gasteiger partial charge in [-0.2, -0.15) is 0 Å². The molecule has 1 aromatic heterocycles. The van der Waals surface area contributed by atoms with E-state index in [0.29, 0.717) is 23.2 Å². The smallest absolute Gasteiger partial charge is 0.185 e. The quantitative estimate of drug-likeness (QED) is 0.606. The van der Waals surface area contributed by atoms with Crippen LogP contribution in [0, 0.1) is 12.7 Å². The summed E-state index contributed by atoms with van der Waals surface area (Å²) in [6, 6.07) is 4.61. The number of rotatable bonds is 3. The summed E-state index contributed by atoms with van der Waals surface area (Å²) in [5, 5.41) is 10.9. The highest BCUT2D eigenvalue weighted by atomic mass is 19.1. The summed E-state index contributed by atoms with van der Waals surface area (Å²) in [5.74, 6) is 0.0899. The molecule has 0 aliphatic rings. The van der Waals surface area contributed by atoms with E-state index in [9.17, 15) is 9.18 Å². The Bertz CT molecular complexity index is 618. The molecule has 0 saturated heterocycles. The van der Waals surface area contributed by atoms with Crippen molar-refractivity contribution in [1.29, 1.82) is 0 Å². The molecule has 0 aliphatic carbocycles. The minimum atomic E-state index is -0.278. The third-order valence-electron chi connectivity index (χ3n) is 2.51. The lowest BCUT2D eigenvalue weighted by molar-refractivity contribution is -0.103. The van der Waals surface area contributed by atoms with E-state index in [-0.39, 0.29) is 5.82 Å². The maximum absolute atomic E-state index is 13.1. The maximum atomic E-state index is 13.1. The van der Waals surface area contributed by atoms with E-state index < -0.39 is 0 Å². The van der Waals surface area contributed by atoms with Gasteiger partial charge in [0.05, 0.1) is 5.57 Å². The van der Waals surface area contributed by atoms with Crippen molar-refractivity contribution >= 4 is 17.9 Å². The average molecular weight is 246 g/mol. The molecule has 0 spiro atoms. The second-order valence-corrected chi connectivity index (χ2v) is 3.85. The second kappa shape index (κ2) is 4.87. The fourth-order valence-corrected chi connectivity index (χ4v) is 1.56. The number of allylic oxidation sites excluding steroid dienone is 1. The number of aldehydes is 1. The molecule has 0 N–H and O–H groups in total. The van der Waals surface area contributed by atoms with Crippen molar-refractivity contribution < 1.29 is 9.18 Å². The molecule has 0 saturated carbocycles. The van der Waals surface area contributed by atoms with Gasteiger partial charge in [0, 0.05) is 7.05 Å². The van der Waals surface area contributed by atoms with Gasteiger partial charge in [-0.1, -0.05) is 6.07 Å². The van der Waals surface area contributed by atoms with Crippen LogP contribution >= 0.6 is 0 Å². The summed E-state index contributed by atoms with van der Waals surface area (Å²) in [6.07, 6.45) is 2.29. The highest BCUT2D eigenvalue weighted by Crippen LogP contribution is 2.15. The molecule has 0 atom stereocenters. The van der Waals surface area contributed by atoms with Gasteiger partial charge < -0.3 is 0 Å². The number of hydrogen-bond donors (Lipinski definition) is 0. The number of nitrogens with zero attached hydrogens (tertiary/aromatic N) is 4. The van der Waals surface area contributed by atoms with Gasteiger partial charge in [0.15, 0.2) is 12.1 Å². The Morgan fingerprint density at radius 3 is 2.78 bits per heavy atom. The summed E-state index contributed by atoms with van der Waals surface area (Å²) in [6.45, 7) is 1.66. The van der Waals surface area contributed by atoms with E-state index in [1.165, 1.54) is 10.7 Å². The minimum Gasteiger partial charge on any atom is -0.298 e. The molecule has 5 nitrogen and oxygen atoms in total. The molecular weight excluding hydrogens is 235 g/mol. The van der Waals surface area contributed by atoms with Crippen LogP contribution in [0.2, 0.25) is 0 Å². The Hall–Kier alpha value is -2.37. The molecule has 6 heteroatoms. The summed E-state index contributed by atoms with van der Waals surface area (Å²) in [5.41, 5.74) is 1.58. The molecule has 0 fully saturated rings. The molecule has 2 rings (SSSR count). The molecule has 1 heterocycles. The number of carbonyl (C=O) groups excluding carboxylic acids is 1. The Labute approximate surface area is 103 Å². The average Bonchev–Trinajstić information content (AvgIpc) is 2.77. The van der Waals surface area contributed by atoms with E-state index >= 15 is 0 Å². The molecule has 92 valence electrons. The van der Waals surface area contributed by atoms with Crippen LogP contribution in [0.5, 0.6) is 0 Å². The molecule has 1 aromatic carbocycles. The Kier molecular flexibility index (Phi) is 3.27. The number of tetrazole rings is 1. The zero-order chi connectivity index (χ0) is 13.1. The molecule has 0 radical (unpaired) electrons. The zero-order valence-corrected chi connectivity index (χ0v) is 9.96. The van der Waals surface area contributed by atoms with E-state index in [1.54, 1.807) is 32.2 Å². The van der Waals surface area contributed by atoms with Crippen molar-refractivity contribution in [3.05, 3.63) is 41.0 Å². The van der Waals surface area contributed by atoms with E-state index in [0.717, 1.165) is 5.56 Å². The number of hydrogen-bond acceptors (Lipinski definition) is 4. The van der Waals surface area contributed by atoms with Crippen LogP contribution in [-0.2, 0) is 11.8 Å². The first kappa shape index (κ1) is 12.1. The van der Waals surface area contributed by atoms with Crippen molar-refractivity contribution in [3.63, 3.8) is 0 Å². The van der Waals surface area contributed by atoms with Gasteiger partial charge in [-0.3, -0.25) is 4.79 Å². The molecule has 0 bridgehead atoms. The highest BCUT2D eigenvalue weighted by molar-refractivity contribution is 6.11. The van der Waals surface area contributed by atoms with Crippen LogP contribution in [0.15, 0.2) is 18.2 Å². The van der Waals surface area contributed by atoms with Crippen LogP contribution in [-0.4, -0.2) is 26.5 Å². The van der Waals surface area contributed by atoms with Crippen LogP contribution in [0.25, 0.3) is 11.6 Å². The summed E-state index contributed by atoms with van der Waals surface area (Å²) in [7, 11) is 1.64. The van der Waals surface area contributed by atoms with E-state index in [4.69, 9.17) is 0 Å². The van der Waals surface area contributed by atoms with Crippen molar-refractivity contribution in [2.45, 2.75) is 6.92 Å². The Morgan fingerprint density at radius 2 is 2.22 bits per heavy atom. The molecule has 2 aromatic rings. The predicted molar refractivity (Wildman–Crippen MR) is 63.9 cm³/mol. The number of aromatic nitrogens is 4. The molecule has 0 unspecified atom stereocenters. The number of aryl methyl sites for hydroxylation is 2. The summed E-state index contributed by atoms with van der Waals surface area (Å²) >= 11 is 0. The molecular formula is C12H11FN4O. The van der Waals surface area contributed by atoms with Crippen LogP contribution in [0.3, 0.4) is 0 Å². The largest absolute Gasteiger partial charge is 0.298 e. The van der Waals surface area contributed by atoms with Crippen LogP contribution < -0.4 is 0 Å². The van der Waals surface area contributed by atoms with E-state index in [2.05, 4.69) is 15.5 Å². The maximum Gasteiger partial charge on any atom is 0.185 e. The fourth-order valence-electron chi connectivity index (χ4n) is 1.56. The van der Waals surface area contributed by atoms with Crippen molar-refractivity contribution in [1.82, 2.24) is 20.2 Å². The van der Waals surface area contributed by atoms with Gasteiger partial charge in [0.1, 0.15) is 5.82 Å². The van der Waals surface area contributed by atoms with Crippen LogP contribution in [0.1, 0.15) is 17.0 Å². The molecule has 0 amide bonds. The van der Waals surface area contributed by atoms with E-state index in [1.807, 2.05) is 0 Å². The standard InChI is InChI=1S/C12H11FN4O/c1-8-5-9(3-4-11(8)13)6-10(7-18)12-14-15-16-17(12)2/h3-7H,1-2H3. The van der Waals surface area contributed by atoms with Crippen LogP contribution in [0.4, 0.5) is 4.39 Å². The second-order valence-electron chi connectivity index (χ2n) is 3.85. The zero-order valence-electron chi connectivity index (χ0n) is 9.96. The van der Waals surface area contributed by atoms with Crippen molar-refractivity contribution in [2.75, 3.05) is 0 Å². The lowest BCUT2D eigenvalue weighted by Crippen LogP contribution is -1.99. The van der Waals surface area contributed by atoms with Gasteiger partial charge in [0.25, 0.3) is 0 Å². The van der Waals surface area contributed by atoms with Gasteiger partial charge in [-0.15, -0.1) is 5.10 Å². The van der Waals surface area contributed by atoms with Gasteiger partial charge >= 0.3 is 0 Å². The van der Waals surface area contributed by atoms with Gasteiger partial charge in [0.2, 0.25) is 0 Å².